The number of benzene rings is 7. The molecule has 62 heavy (non-hydrogen) atoms. The van der Waals surface area contributed by atoms with Crippen LogP contribution in [0, 0.1) is 0 Å². The van der Waals surface area contributed by atoms with Crippen molar-refractivity contribution in [3.05, 3.63) is 203 Å². The highest BCUT2D eigenvalue weighted by atomic mass is 15.2. The zero-order chi connectivity index (χ0) is 42.2. The molecule has 0 bridgehead atoms. The van der Waals surface area contributed by atoms with Crippen molar-refractivity contribution in [3.63, 3.8) is 0 Å². The largest absolute Gasteiger partial charge is 0.348 e. The molecule has 0 fully saturated rings. The Kier molecular flexibility index (Phi) is 8.65. The first kappa shape index (κ1) is 37.5. The molecule has 0 spiro atoms. The van der Waals surface area contributed by atoms with Crippen LogP contribution in [0.25, 0.3) is 61.7 Å². The van der Waals surface area contributed by atoms with Gasteiger partial charge in [0.05, 0.1) is 16.7 Å². The van der Waals surface area contributed by atoms with Crippen LogP contribution in [-0.2, 0) is 10.8 Å². The Morgan fingerprint density at radius 1 is 0.452 bits per heavy atom. The van der Waals surface area contributed by atoms with Crippen LogP contribution in [0.15, 0.2) is 180 Å². The fraction of sp³-hybridized carbons (Fsp3) is 0.145. The van der Waals surface area contributed by atoms with E-state index in [4.69, 9.17) is 24.9 Å². The average molecular weight is 804 g/mol. The monoisotopic (exact) mass is 803 g/mol. The van der Waals surface area contributed by atoms with Crippen molar-refractivity contribution in [2.45, 2.75) is 51.6 Å². The Hall–Kier alpha value is -7.51. The van der Waals surface area contributed by atoms with Crippen LogP contribution in [0.3, 0.4) is 0 Å². The molecular formula is C55H45N7. The van der Waals surface area contributed by atoms with E-state index >= 15 is 0 Å². The Morgan fingerprint density at radius 3 is 1.37 bits per heavy atom. The average Bonchev–Trinajstić information content (AvgIpc) is 3.65. The van der Waals surface area contributed by atoms with Crippen LogP contribution >= 0.6 is 0 Å². The molecule has 0 amide bonds. The summed E-state index contributed by atoms with van der Waals surface area (Å²) in [6, 6.07) is 58.8. The summed E-state index contributed by atoms with van der Waals surface area (Å²) in [4.78, 5) is 25.4. The number of fused-ring (bicyclic) bond motifs is 1. The Morgan fingerprint density at radius 2 is 0.871 bits per heavy atom. The first-order valence-corrected chi connectivity index (χ1v) is 21.3. The van der Waals surface area contributed by atoms with Gasteiger partial charge >= 0.3 is 0 Å². The summed E-state index contributed by atoms with van der Waals surface area (Å²) in [6.07, 6.45) is -0.134. The van der Waals surface area contributed by atoms with Crippen LogP contribution in [0.1, 0.15) is 68.0 Å². The van der Waals surface area contributed by atoms with Crippen LogP contribution in [0.2, 0.25) is 0 Å². The van der Waals surface area contributed by atoms with Gasteiger partial charge in [-0.15, -0.1) is 0 Å². The minimum absolute atomic E-state index is 0.134. The van der Waals surface area contributed by atoms with Gasteiger partial charge in [-0.25, -0.2) is 24.9 Å². The third kappa shape index (κ3) is 5.98. The highest BCUT2D eigenvalue weighted by Crippen LogP contribution is 2.56. The third-order valence-corrected chi connectivity index (χ3v) is 12.7. The molecule has 1 unspecified atom stereocenters. The lowest BCUT2D eigenvalue weighted by Crippen LogP contribution is -2.37. The van der Waals surface area contributed by atoms with Crippen molar-refractivity contribution in [3.8, 4) is 39.9 Å². The number of nitrogens with zero attached hydrogens (tertiary/aromatic N) is 6. The van der Waals surface area contributed by atoms with Crippen LogP contribution < -0.4 is 5.32 Å². The van der Waals surface area contributed by atoms with Gasteiger partial charge in [0.2, 0.25) is 0 Å². The number of aromatic nitrogens is 4. The van der Waals surface area contributed by atoms with E-state index in [-0.39, 0.29) is 17.0 Å². The first-order chi connectivity index (χ1) is 30.2. The van der Waals surface area contributed by atoms with Crippen molar-refractivity contribution < 1.29 is 0 Å². The lowest BCUT2D eigenvalue weighted by molar-refractivity contribution is 0.593. The minimum atomic E-state index is -0.302. The van der Waals surface area contributed by atoms with Crippen molar-refractivity contribution in [1.82, 2.24) is 24.8 Å². The van der Waals surface area contributed by atoms with E-state index in [2.05, 4.69) is 123 Å². The summed E-state index contributed by atoms with van der Waals surface area (Å²) in [6.45, 7) is 11.5. The predicted molar refractivity (Wildman–Crippen MR) is 253 cm³/mol. The van der Waals surface area contributed by atoms with E-state index in [0.717, 1.165) is 39.5 Å². The molecule has 300 valence electrons. The third-order valence-electron chi connectivity index (χ3n) is 12.7. The SMILES string of the molecule is CC1N=C(c2ccccc2)N=C(c2cc3c4c(c2)c2cc(-c5nc(-c6ccccc6)nc(-c6ccccc6)n5)cc5c2n4-c2c(cccc2C5(C)C)C3(C)C)N1.c1ccccc1. The highest BCUT2D eigenvalue weighted by molar-refractivity contribution is 6.19. The fourth-order valence-corrected chi connectivity index (χ4v) is 9.58. The quantitative estimate of drug-likeness (QED) is 0.188. The van der Waals surface area contributed by atoms with Crippen molar-refractivity contribution in [2.24, 2.45) is 9.98 Å². The summed E-state index contributed by atoms with van der Waals surface area (Å²) >= 11 is 0. The molecule has 7 nitrogen and oxygen atoms in total. The molecule has 9 aromatic rings. The maximum absolute atomic E-state index is 5.19. The fourth-order valence-electron chi connectivity index (χ4n) is 9.58. The van der Waals surface area contributed by atoms with Gasteiger partial charge in [-0.05, 0) is 53.4 Å². The number of amidine groups is 2. The topological polar surface area (TPSA) is 80.3 Å². The molecular weight excluding hydrogens is 759 g/mol. The van der Waals surface area contributed by atoms with E-state index in [1.807, 2.05) is 91.0 Å². The Labute approximate surface area is 361 Å². The van der Waals surface area contributed by atoms with E-state index in [0.29, 0.717) is 17.5 Å². The normalized spacial score (nSPS) is 16.2. The second kappa shape index (κ2) is 14.3. The van der Waals surface area contributed by atoms with Gasteiger partial charge in [-0.1, -0.05) is 173 Å². The maximum Gasteiger partial charge on any atom is 0.164 e. The van der Waals surface area contributed by atoms with E-state index in [1.165, 1.54) is 49.7 Å². The van der Waals surface area contributed by atoms with E-state index in [9.17, 15) is 0 Å². The van der Waals surface area contributed by atoms with Crippen LogP contribution in [0.4, 0.5) is 0 Å². The molecule has 0 aliphatic carbocycles. The van der Waals surface area contributed by atoms with Gasteiger partial charge in [0.15, 0.2) is 23.3 Å². The van der Waals surface area contributed by atoms with E-state index in [1.54, 1.807) is 0 Å². The molecule has 1 atom stereocenters. The highest BCUT2D eigenvalue weighted by Gasteiger charge is 2.44. The summed E-state index contributed by atoms with van der Waals surface area (Å²) in [5, 5.41) is 5.97. The van der Waals surface area contributed by atoms with Gasteiger partial charge in [-0.3, -0.25) is 0 Å². The number of hydrogen-bond donors (Lipinski definition) is 1. The van der Waals surface area contributed by atoms with E-state index < -0.39 is 0 Å². The van der Waals surface area contributed by atoms with Crippen molar-refractivity contribution in [2.75, 3.05) is 0 Å². The van der Waals surface area contributed by atoms with Gasteiger partial charge < -0.3 is 9.88 Å². The second-order valence-electron chi connectivity index (χ2n) is 17.4. The zero-order valence-electron chi connectivity index (χ0n) is 35.4. The maximum atomic E-state index is 5.19. The molecule has 7 aromatic carbocycles. The molecule has 3 aliphatic rings. The Bertz CT molecular complexity index is 3170. The van der Waals surface area contributed by atoms with Gasteiger partial charge in [0.1, 0.15) is 12.0 Å². The van der Waals surface area contributed by atoms with Gasteiger partial charge in [-0.2, -0.15) is 0 Å². The smallest absolute Gasteiger partial charge is 0.164 e. The standard InChI is InChI=1S/C49H39N7.C6H6/c1-28-50-43(29-16-9-6-10-17-29)52-46(51-28)32-24-34-35-25-33(47-54-44(30-18-11-7-12-19-30)53-45(55-47)31-20-13-8-14-21-31)27-39-41(35)56-40(34)38(26-32)48(2,3)36-22-15-23-37(42(36)56)49(39,4)5;1-2-4-6-5-3-1/h6-28H,1-5H3,(H,50,51,52);1-6H. The first-order valence-electron chi connectivity index (χ1n) is 21.3. The summed E-state index contributed by atoms with van der Waals surface area (Å²) in [5.41, 5.74) is 13.3. The molecule has 0 saturated carbocycles. The zero-order valence-corrected chi connectivity index (χ0v) is 35.4. The molecule has 12 rings (SSSR count). The summed E-state index contributed by atoms with van der Waals surface area (Å²) < 4.78 is 2.55. The van der Waals surface area contributed by atoms with Crippen molar-refractivity contribution >= 4 is 33.5 Å². The number of rotatable bonds is 5. The molecule has 0 radical (unpaired) electrons. The number of nitrogens with one attached hydrogen (secondary N) is 1. The molecule has 7 heteroatoms. The minimum Gasteiger partial charge on any atom is -0.348 e. The van der Waals surface area contributed by atoms with Crippen molar-refractivity contribution in [1.29, 1.82) is 0 Å². The molecule has 1 N–H and O–H groups in total. The number of aliphatic imine (C=N–C) groups is 2. The van der Waals surface area contributed by atoms with Gasteiger partial charge in [0, 0.05) is 49.4 Å². The number of hydrogen-bond acceptors (Lipinski definition) is 6. The molecule has 2 aromatic heterocycles. The lowest BCUT2D eigenvalue weighted by atomic mass is 9.68. The predicted octanol–water partition coefficient (Wildman–Crippen LogP) is 12.1. The summed E-state index contributed by atoms with van der Waals surface area (Å²) in [5.74, 6) is 3.50. The second-order valence-corrected chi connectivity index (χ2v) is 17.4. The Balaban J connectivity index is 0.000000666. The molecule has 0 saturated heterocycles. The summed E-state index contributed by atoms with van der Waals surface area (Å²) in [7, 11) is 0. The van der Waals surface area contributed by atoms with Gasteiger partial charge in [0.25, 0.3) is 0 Å². The molecule has 5 heterocycles. The lowest BCUT2D eigenvalue weighted by Gasteiger charge is -2.42. The van der Waals surface area contributed by atoms with Crippen LogP contribution in [0.5, 0.6) is 0 Å². The van der Waals surface area contributed by atoms with Crippen LogP contribution in [-0.4, -0.2) is 37.4 Å². The molecule has 3 aliphatic heterocycles. The number of para-hydroxylation sites is 1.